The van der Waals surface area contributed by atoms with Crippen molar-refractivity contribution < 1.29 is 21.4 Å². The average molecular weight is 705 g/mol. The Hall–Kier alpha value is 0.450. The van der Waals surface area contributed by atoms with E-state index in [2.05, 4.69) is 72.5 Å². The Kier molecular flexibility index (Phi) is 6.91. The Bertz CT molecular complexity index is 950. The number of rotatable bonds is 5. The van der Waals surface area contributed by atoms with Gasteiger partial charge in [-0.05, 0) is 97.6 Å². The van der Waals surface area contributed by atoms with E-state index in [-0.39, 0.29) is 16.3 Å². The summed E-state index contributed by atoms with van der Waals surface area (Å²) >= 11 is 6.32. The number of sulfonamides is 1. The smallest absolute Gasteiger partial charge is 0.282 e. The normalized spacial score (nSPS) is 12.3. The van der Waals surface area contributed by atoms with E-state index in [9.17, 15) is 16.8 Å². The second-order valence-corrected chi connectivity index (χ2v) is 11.2. The molecule has 0 atom stereocenters. The number of hydrogen-bond donors (Lipinski definition) is 2. The molecular weight excluding hydrogens is 695 g/mol. The summed E-state index contributed by atoms with van der Waals surface area (Å²) in [5.74, 6) is 0. The molecule has 0 saturated heterocycles. The van der Waals surface area contributed by atoms with Crippen molar-refractivity contribution in [2.45, 2.75) is 16.3 Å². The fraction of sp³-hybridized carbons (Fsp3) is 0.0769. The summed E-state index contributed by atoms with van der Waals surface area (Å²) in [6.45, 7) is 0.00718. The van der Waals surface area contributed by atoms with Crippen molar-refractivity contribution >= 4 is 87.9 Å². The molecule has 0 spiro atoms. The zero-order chi connectivity index (χ0) is 18.1. The minimum atomic E-state index is -4.26. The molecule has 0 unspecified atom stereocenters. The standard InChI is InChI=1S/C13H10I3NO5S2/c14-11-5-10(6-12(15)13(11)16)23(18,19)17-7-8-1-3-9(4-2-8)24(20,21)22/h1-6,17H,7H2,(H,20,21,22). The summed E-state index contributed by atoms with van der Waals surface area (Å²) in [7, 11) is -7.95. The van der Waals surface area contributed by atoms with Crippen molar-refractivity contribution in [3.05, 3.63) is 52.7 Å². The molecule has 2 aromatic carbocycles. The largest absolute Gasteiger partial charge is 0.294 e. The van der Waals surface area contributed by atoms with Crippen LogP contribution < -0.4 is 4.72 Å². The second kappa shape index (κ2) is 7.99. The van der Waals surface area contributed by atoms with Gasteiger partial charge in [0.15, 0.2) is 0 Å². The first-order valence-corrected chi connectivity index (χ1v) is 12.4. The predicted molar refractivity (Wildman–Crippen MR) is 115 cm³/mol. The van der Waals surface area contributed by atoms with Crippen LogP contribution in [-0.2, 0) is 26.7 Å². The van der Waals surface area contributed by atoms with Crippen molar-refractivity contribution in [2.24, 2.45) is 0 Å². The van der Waals surface area contributed by atoms with Crippen LogP contribution in [0.5, 0.6) is 0 Å². The van der Waals surface area contributed by atoms with Gasteiger partial charge >= 0.3 is 0 Å². The van der Waals surface area contributed by atoms with Crippen molar-refractivity contribution in [3.63, 3.8) is 0 Å². The summed E-state index contributed by atoms with van der Waals surface area (Å²) in [4.78, 5) is -0.0675. The van der Waals surface area contributed by atoms with E-state index in [4.69, 9.17) is 4.55 Å². The lowest BCUT2D eigenvalue weighted by atomic mass is 10.2. The predicted octanol–water partition coefficient (Wildman–Crippen LogP) is 3.23. The first-order valence-electron chi connectivity index (χ1n) is 6.21. The van der Waals surface area contributed by atoms with Crippen LogP contribution in [0.15, 0.2) is 46.2 Å². The van der Waals surface area contributed by atoms with Gasteiger partial charge in [-0.3, -0.25) is 4.55 Å². The van der Waals surface area contributed by atoms with Gasteiger partial charge in [-0.25, -0.2) is 13.1 Å². The number of nitrogens with one attached hydrogen (secondary N) is 1. The molecule has 0 fully saturated rings. The minimum Gasteiger partial charge on any atom is -0.282 e. The van der Waals surface area contributed by atoms with Crippen LogP contribution in [0.1, 0.15) is 5.56 Å². The van der Waals surface area contributed by atoms with Crippen LogP contribution in [0.25, 0.3) is 0 Å². The average Bonchev–Trinajstić information content (AvgIpc) is 2.49. The summed E-state index contributed by atoms with van der Waals surface area (Å²) < 4.78 is 60.8. The maximum atomic E-state index is 12.4. The second-order valence-electron chi connectivity index (χ2n) is 4.64. The maximum absolute atomic E-state index is 12.4. The number of halogens is 3. The van der Waals surface area contributed by atoms with E-state index in [0.717, 1.165) is 10.7 Å². The Balaban J connectivity index is 2.19. The van der Waals surface area contributed by atoms with Crippen molar-refractivity contribution in [1.82, 2.24) is 4.72 Å². The molecule has 0 aliphatic rings. The summed E-state index contributed by atoms with van der Waals surface area (Å²) in [5.41, 5.74) is 0.570. The monoisotopic (exact) mass is 705 g/mol. The van der Waals surface area contributed by atoms with E-state index < -0.39 is 20.1 Å². The van der Waals surface area contributed by atoms with E-state index in [1.807, 2.05) is 0 Å². The lowest BCUT2D eigenvalue weighted by Gasteiger charge is -2.09. The maximum Gasteiger partial charge on any atom is 0.294 e. The SMILES string of the molecule is O=S(=O)(O)c1ccc(CNS(=O)(=O)c2cc(I)c(I)c(I)c2)cc1. The quantitative estimate of drug-likeness (QED) is 0.283. The Labute approximate surface area is 181 Å². The first-order chi connectivity index (χ1) is 11.0. The van der Waals surface area contributed by atoms with Gasteiger partial charge in [0.1, 0.15) is 0 Å². The molecule has 0 radical (unpaired) electrons. The van der Waals surface area contributed by atoms with Gasteiger partial charge in [0, 0.05) is 17.3 Å². The van der Waals surface area contributed by atoms with Crippen LogP contribution >= 0.6 is 67.8 Å². The van der Waals surface area contributed by atoms with Gasteiger partial charge < -0.3 is 0 Å². The molecule has 0 bridgehead atoms. The van der Waals surface area contributed by atoms with E-state index in [1.165, 1.54) is 24.3 Å². The highest BCUT2D eigenvalue weighted by atomic mass is 127. The number of benzene rings is 2. The first kappa shape index (κ1) is 20.8. The molecule has 24 heavy (non-hydrogen) atoms. The molecule has 0 aromatic heterocycles. The highest BCUT2D eigenvalue weighted by molar-refractivity contribution is 14.1. The van der Waals surface area contributed by atoms with E-state index >= 15 is 0 Å². The third-order valence-corrected chi connectivity index (χ3v) is 10.1. The zero-order valence-electron chi connectivity index (χ0n) is 11.7. The van der Waals surface area contributed by atoms with Gasteiger partial charge in [0.2, 0.25) is 10.0 Å². The van der Waals surface area contributed by atoms with Gasteiger partial charge in [-0.1, -0.05) is 12.1 Å². The highest BCUT2D eigenvalue weighted by Crippen LogP contribution is 2.25. The molecule has 2 aromatic rings. The molecule has 0 aliphatic carbocycles. The molecular formula is C13H10I3NO5S2. The molecule has 0 amide bonds. The summed E-state index contributed by atoms with van der Waals surface area (Å²) in [6.07, 6.45) is 0. The lowest BCUT2D eigenvalue weighted by molar-refractivity contribution is 0.483. The van der Waals surface area contributed by atoms with Crippen LogP contribution in [0.4, 0.5) is 0 Å². The minimum absolute atomic E-state index is 0.00718. The molecule has 0 heterocycles. The van der Waals surface area contributed by atoms with Crippen LogP contribution in [0, 0.1) is 10.7 Å². The lowest BCUT2D eigenvalue weighted by Crippen LogP contribution is -2.23. The Morgan fingerprint density at radius 2 is 1.38 bits per heavy atom. The Morgan fingerprint density at radius 3 is 1.83 bits per heavy atom. The van der Waals surface area contributed by atoms with E-state index in [1.54, 1.807) is 12.1 Å². The number of hydrogen-bond acceptors (Lipinski definition) is 4. The fourth-order valence-electron chi connectivity index (χ4n) is 1.73. The third kappa shape index (κ3) is 5.23. The zero-order valence-corrected chi connectivity index (χ0v) is 19.8. The van der Waals surface area contributed by atoms with Crippen LogP contribution in [0.3, 0.4) is 0 Å². The van der Waals surface area contributed by atoms with Crippen molar-refractivity contribution in [1.29, 1.82) is 0 Å². The molecule has 2 rings (SSSR count). The molecule has 0 aliphatic heterocycles. The van der Waals surface area contributed by atoms with Crippen LogP contribution in [-0.4, -0.2) is 21.4 Å². The van der Waals surface area contributed by atoms with Crippen LogP contribution in [0.2, 0.25) is 0 Å². The van der Waals surface area contributed by atoms with Crippen molar-refractivity contribution in [2.75, 3.05) is 0 Å². The summed E-state index contributed by atoms with van der Waals surface area (Å²) in [6, 6.07) is 8.49. The van der Waals surface area contributed by atoms with Gasteiger partial charge in [0.25, 0.3) is 10.1 Å². The van der Waals surface area contributed by atoms with Gasteiger partial charge in [-0.15, -0.1) is 0 Å². The molecule has 2 N–H and O–H groups in total. The summed E-state index contributed by atoms with van der Waals surface area (Å²) in [5, 5.41) is 0. The topological polar surface area (TPSA) is 101 Å². The highest BCUT2D eigenvalue weighted by Gasteiger charge is 2.17. The molecule has 0 saturated carbocycles. The molecule has 130 valence electrons. The van der Waals surface area contributed by atoms with Crippen molar-refractivity contribution in [3.8, 4) is 0 Å². The Morgan fingerprint density at radius 1 is 0.875 bits per heavy atom. The van der Waals surface area contributed by atoms with Gasteiger partial charge in [-0.2, -0.15) is 8.42 Å². The third-order valence-electron chi connectivity index (χ3n) is 2.96. The molecule has 11 heteroatoms. The van der Waals surface area contributed by atoms with E-state index in [0.29, 0.717) is 5.56 Å². The van der Waals surface area contributed by atoms with Gasteiger partial charge in [0.05, 0.1) is 9.79 Å². The fourth-order valence-corrected chi connectivity index (χ4v) is 5.78. The molecule has 6 nitrogen and oxygen atoms in total.